The highest BCUT2D eigenvalue weighted by molar-refractivity contribution is 6.42. The van der Waals surface area contributed by atoms with Gasteiger partial charge in [-0.2, -0.15) is 9.62 Å². The molecule has 4 aromatic rings. The van der Waals surface area contributed by atoms with Crippen molar-refractivity contribution in [3.8, 4) is 0 Å². The summed E-state index contributed by atoms with van der Waals surface area (Å²) < 4.78 is 0.800. The van der Waals surface area contributed by atoms with Gasteiger partial charge in [0.25, 0.3) is 5.56 Å². The number of halogens is 2. The Morgan fingerprint density at radius 3 is 2.41 bits per heavy atom. The first-order valence-corrected chi connectivity index (χ1v) is 8.21. The maximum absolute atomic E-state index is 12.7. The fourth-order valence-electron chi connectivity index (χ4n) is 2.55. The molecular weight excluding hydrogens is 395 g/mol. The van der Waals surface area contributed by atoms with Gasteiger partial charge in [-0.3, -0.25) is 19.8 Å². The first-order valence-electron chi connectivity index (χ1n) is 7.45. The minimum Gasteiger partial charge on any atom is -0.380 e. The van der Waals surface area contributed by atoms with E-state index in [1.807, 2.05) is 6.07 Å². The van der Waals surface area contributed by atoms with Crippen molar-refractivity contribution < 1.29 is 0 Å². The van der Waals surface area contributed by atoms with Crippen LogP contribution in [0.4, 0.5) is 11.5 Å². The number of aromatic nitrogens is 3. The number of para-hydroxylation sites is 1. The first-order chi connectivity index (χ1) is 12.9. The maximum Gasteiger partial charge on any atom is 0.286 e. The third-order valence-electron chi connectivity index (χ3n) is 3.83. The lowest BCUT2D eigenvalue weighted by molar-refractivity contribution is 0.919. The number of rotatable bonds is 2. The van der Waals surface area contributed by atoms with Gasteiger partial charge in [-0.25, -0.2) is 4.98 Å². The summed E-state index contributed by atoms with van der Waals surface area (Å²) in [5, 5.41) is 6.46. The van der Waals surface area contributed by atoms with Crippen molar-refractivity contribution in [3.05, 3.63) is 76.5 Å². The number of anilines is 2. The van der Waals surface area contributed by atoms with E-state index in [0.717, 1.165) is 4.52 Å². The highest BCUT2D eigenvalue weighted by Crippen LogP contribution is 2.15. The second-order valence-electron chi connectivity index (χ2n) is 5.49. The molecule has 0 amide bonds. The van der Waals surface area contributed by atoms with Crippen molar-refractivity contribution in [3.63, 3.8) is 0 Å². The van der Waals surface area contributed by atoms with Crippen LogP contribution in [0.5, 0.6) is 0 Å². The average molecular weight is 403 g/mol. The van der Waals surface area contributed by atoms with Gasteiger partial charge in [-0.15, -0.1) is 5.10 Å². The molecule has 0 radical (unpaired) electrons. The molecule has 4 rings (SSSR count). The van der Waals surface area contributed by atoms with Crippen molar-refractivity contribution in [1.82, 2.24) is 14.6 Å². The fraction of sp³-hybridized carbons (Fsp3) is 0. The molecule has 27 heavy (non-hydrogen) atoms. The van der Waals surface area contributed by atoms with E-state index in [2.05, 4.69) is 20.6 Å². The Kier molecular flexibility index (Phi) is 3.90. The minimum atomic E-state index is -0.898. The van der Waals surface area contributed by atoms with Crippen LogP contribution in [0, 0.1) is 0 Å². The van der Waals surface area contributed by atoms with E-state index >= 15 is 0 Å². The standard InChI is InChI=1S/C16H8Cl2N6O3/c17-8-9(18)13(26)10-7(12(8)25)16(27)24-15(20-10)11(14(19)23-24)22-21-6-4-2-1-3-5-6/h1-5,21H,(H2,19,23)/b22-11+. The summed E-state index contributed by atoms with van der Waals surface area (Å²) in [6.45, 7) is 0. The van der Waals surface area contributed by atoms with Crippen LogP contribution in [-0.2, 0) is 0 Å². The third-order valence-corrected chi connectivity index (χ3v) is 4.65. The second kappa shape index (κ2) is 6.15. The third kappa shape index (κ3) is 2.56. The summed E-state index contributed by atoms with van der Waals surface area (Å²) in [5.41, 5.74) is 6.12. The minimum absolute atomic E-state index is 0.0378. The van der Waals surface area contributed by atoms with Gasteiger partial charge in [-0.05, 0) is 12.1 Å². The number of hydrogen-bond acceptors (Lipinski definition) is 8. The lowest BCUT2D eigenvalue weighted by atomic mass is 10.2. The Morgan fingerprint density at radius 2 is 1.70 bits per heavy atom. The fourth-order valence-corrected chi connectivity index (χ4v) is 2.91. The molecule has 0 spiro atoms. The highest BCUT2D eigenvalue weighted by atomic mass is 35.5. The maximum atomic E-state index is 12.7. The molecule has 0 aliphatic carbocycles. The molecule has 0 fully saturated rings. The lowest BCUT2D eigenvalue weighted by Gasteiger charge is -1.99. The highest BCUT2D eigenvalue weighted by Gasteiger charge is 2.21. The first kappa shape index (κ1) is 17.1. The van der Waals surface area contributed by atoms with Gasteiger partial charge in [0.2, 0.25) is 10.9 Å². The molecule has 3 N–H and O–H groups in total. The summed E-state index contributed by atoms with van der Waals surface area (Å²) in [5.74, 6) is -0.115. The van der Waals surface area contributed by atoms with Crippen LogP contribution in [0.15, 0.2) is 49.8 Å². The van der Waals surface area contributed by atoms with Crippen LogP contribution in [0.3, 0.4) is 0 Å². The summed E-state index contributed by atoms with van der Waals surface area (Å²) in [7, 11) is 0. The summed E-state index contributed by atoms with van der Waals surface area (Å²) in [6, 6.07) is 8.94. The van der Waals surface area contributed by atoms with Crippen LogP contribution < -0.4 is 32.9 Å². The second-order valence-corrected chi connectivity index (χ2v) is 6.24. The van der Waals surface area contributed by atoms with Crippen LogP contribution >= 0.6 is 23.2 Å². The van der Waals surface area contributed by atoms with Gasteiger partial charge >= 0.3 is 0 Å². The van der Waals surface area contributed by atoms with Gasteiger partial charge in [-0.1, -0.05) is 41.4 Å². The molecule has 0 atom stereocenters. The molecule has 0 unspecified atom stereocenters. The molecule has 2 aromatic carbocycles. The Labute approximate surface area is 159 Å². The molecule has 11 heteroatoms. The zero-order chi connectivity index (χ0) is 19.3. The van der Waals surface area contributed by atoms with E-state index < -0.39 is 37.4 Å². The quantitative estimate of drug-likeness (QED) is 0.470. The summed E-state index contributed by atoms with van der Waals surface area (Å²) in [6.07, 6.45) is 0. The largest absolute Gasteiger partial charge is 0.380 e. The van der Waals surface area contributed by atoms with Crippen molar-refractivity contribution in [2.45, 2.75) is 0 Å². The lowest BCUT2D eigenvalue weighted by Crippen LogP contribution is -2.27. The number of benzene rings is 2. The number of nitrogens with zero attached hydrogens (tertiary/aromatic N) is 4. The number of nitrogens with two attached hydrogens (primary N) is 1. The van der Waals surface area contributed by atoms with Crippen LogP contribution in [0.2, 0.25) is 10.0 Å². The summed E-state index contributed by atoms with van der Waals surface area (Å²) in [4.78, 5) is 41.3. The van der Waals surface area contributed by atoms with E-state index in [-0.39, 0.29) is 16.8 Å². The van der Waals surface area contributed by atoms with Crippen molar-refractivity contribution in [1.29, 1.82) is 0 Å². The number of hydrogen-bond donors (Lipinski definition) is 2. The molecule has 9 nitrogen and oxygen atoms in total. The molecule has 2 heterocycles. The Balaban J connectivity index is 2.09. The number of nitrogen functional groups attached to an aromatic ring is 1. The predicted octanol–water partition coefficient (Wildman–Crippen LogP) is 0.655. The molecule has 0 saturated carbocycles. The molecular formula is C16H8Cl2N6O3. The van der Waals surface area contributed by atoms with Gasteiger partial charge in [0, 0.05) is 0 Å². The molecule has 0 aliphatic heterocycles. The normalized spacial score (nSPS) is 12.1. The van der Waals surface area contributed by atoms with E-state index in [9.17, 15) is 14.4 Å². The summed E-state index contributed by atoms with van der Waals surface area (Å²) >= 11 is 11.5. The van der Waals surface area contributed by atoms with Crippen molar-refractivity contribution in [2.24, 2.45) is 5.10 Å². The molecule has 0 bridgehead atoms. The van der Waals surface area contributed by atoms with Crippen molar-refractivity contribution >= 4 is 51.3 Å². The predicted molar refractivity (Wildman–Crippen MR) is 102 cm³/mol. The molecule has 2 aromatic heterocycles. The zero-order valence-electron chi connectivity index (χ0n) is 13.2. The molecule has 0 saturated heterocycles. The van der Waals surface area contributed by atoms with E-state index in [1.165, 1.54) is 0 Å². The van der Waals surface area contributed by atoms with E-state index in [0.29, 0.717) is 5.69 Å². The average Bonchev–Trinajstić information content (AvgIpc) is 2.99. The Bertz CT molecular complexity index is 1440. The SMILES string of the molecule is Nc1nn2c(=O)c3c(=O)c(Cl)c(Cl)c(=O)c3nc2/c1=N/Nc1ccccc1. The smallest absolute Gasteiger partial charge is 0.286 e. The van der Waals surface area contributed by atoms with Gasteiger partial charge < -0.3 is 5.73 Å². The van der Waals surface area contributed by atoms with Gasteiger partial charge in [0.1, 0.15) is 20.9 Å². The topological polar surface area (TPSA) is 132 Å². The number of fused-ring (bicyclic) bond motifs is 2. The monoisotopic (exact) mass is 402 g/mol. The van der Waals surface area contributed by atoms with Gasteiger partial charge in [0.05, 0.1) is 5.69 Å². The number of nitrogens with one attached hydrogen (secondary N) is 1. The Morgan fingerprint density at radius 1 is 1.04 bits per heavy atom. The van der Waals surface area contributed by atoms with E-state index in [4.69, 9.17) is 28.9 Å². The van der Waals surface area contributed by atoms with Crippen LogP contribution in [0.1, 0.15) is 0 Å². The van der Waals surface area contributed by atoms with Crippen molar-refractivity contribution in [2.75, 3.05) is 11.2 Å². The zero-order valence-corrected chi connectivity index (χ0v) is 14.7. The molecule has 0 aliphatic rings. The Hall–Kier alpha value is -3.30. The van der Waals surface area contributed by atoms with Crippen LogP contribution in [0.25, 0.3) is 16.6 Å². The van der Waals surface area contributed by atoms with Crippen LogP contribution in [-0.4, -0.2) is 14.6 Å². The van der Waals surface area contributed by atoms with Gasteiger partial charge in [0.15, 0.2) is 16.8 Å². The molecule has 134 valence electrons. The van der Waals surface area contributed by atoms with E-state index in [1.54, 1.807) is 24.3 Å².